The van der Waals surface area contributed by atoms with Gasteiger partial charge >= 0.3 is 0 Å². The van der Waals surface area contributed by atoms with Crippen LogP contribution in [-0.4, -0.2) is 0 Å². The summed E-state index contributed by atoms with van der Waals surface area (Å²) >= 11 is 1.56. The lowest BCUT2D eigenvalue weighted by atomic mass is 10.1. The topological polar surface area (TPSA) is 23.8 Å². The summed E-state index contributed by atoms with van der Waals surface area (Å²) in [6.45, 7) is 2.06. The molecule has 0 heterocycles. The first kappa shape index (κ1) is 12.7. The van der Waals surface area contributed by atoms with Crippen LogP contribution in [0.1, 0.15) is 16.7 Å². The highest BCUT2D eigenvalue weighted by Crippen LogP contribution is 2.27. The van der Waals surface area contributed by atoms with Gasteiger partial charge < -0.3 is 0 Å². The summed E-state index contributed by atoms with van der Waals surface area (Å²) in [5.41, 5.74) is 2.86. The van der Waals surface area contributed by atoms with Gasteiger partial charge in [-0.25, -0.2) is 4.39 Å². The first-order valence-electron chi connectivity index (χ1n) is 5.57. The SMILES string of the molecule is Cc1ccccc1CSc1ccc(F)cc1C#N. The van der Waals surface area contributed by atoms with E-state index in [-0.39, 0.29) is 5.82 Å². The number of hydrogen-bond donors (Lipinski definition) is 0. The minimum Gasteiger partial charge on any atom is -0.207 e. The maximum atomic E-state index is 13.0. The molecule has 0 bridgehead atoms. The molecule has 0 N–H and O–H groups in total. The summed E-state index contributed by atoms with van der Waals surface area (Å²) in [5, 5.41) is 8.96. The van der Waals surface area contributed by atoms with Gasteiger partial charge in [0, 0.05) is 10.6 Å². The summed E-state index contributed by atoms with van der Waals surface area (Å²) in [4.78, 5) is 0.821. The van der Waals surface area contributed by atoms with E-state index in [2.05, 4.69) is 19.1 Å². The van der Waals surface area contributed by atoms with Gasteiger partial charge in [-0.1, -0.05) is 24.3 Å². The third kappa shape index (κ3) is 2.91. The van der Waals surface area contributed by atoms with Crippen molar-refractivity contribution in [1.82, 2.24) is 0 Å². The van der Waals surface area contributed by atoms with Crippen molar-refractivity contribution in [2.75, 3.05) is 0 Å². The Morgan fingerprint density at radius 1 is 1.22 bits per heavy atom. The van der Waals surface area contributed by atoms with Gasteiger partial charge in [-0.3, -0.25) is 0 Å². The normalized spacial score (nSPS) is 10.1. The molecule has 0 amide bonds. The van der Waals surface area contributed by atoms with Crippen LogP contribution in [0.3, 0.4) is 0 Å². The molecule has 0 saturated carbocycles. The highest BCUT2D eigenvalue weighted by molar-refractivity contribution is 7.98. The number of halogens is 1. The van der Waals surface area contributed by atoms with Crippen LogP contribution in [0.2, 0.25) is 0 Å². The van der Waals surface area contributed by atoms with E-state index in [1.807, 2.05) is 18.2 Å². The second-order valence-electron chi connectivity index (χ2n) is 3.97. The number of nitriles is 1. The lowest BCUT2D eigenvalue weighted by Gasteiger charge is -2.06. The Morgan fingerprint density at radius 2 is 2.00 bits per heavy atom. The van der Waals surface area contributed by atoms with Crippen molar-refractivity contribution in [2.24, 2.45) is 0 Å². The smallest absolute Gasteiger partial charge is 0.124 e. The number of rotatable bonds is 3. The van der Waals surface area contributed by atoms with Crippen molar-refractivity contribution < 1.29 is 4.39 Å². The first-order chi connectivity index (χ1) is 8.70. The molecule has 2 rings (SSSR count). The van der Waals surface area contributed by atoms with Crippen LogP contribution < -0.4 is 0 Å². The molecule has 0 aromatic heterocycles. The monoisotopic (exact) mass is 257 g/mol. The molecule has 3 heteroatoms. The quantitative estimate of drug-likeness (QED) is 0.765. The average molecular weight is 257 g/mol. The molecule has 0 spiro atoms. The predicted octanol–water partition coefficient (Wildman–Crippen LogP) is 4.30. The Balaban J connectivity index is 2.16. The van der Waals surface area contributed by atoms with Crippen LogP contribution in [-0.2, 0) is 5.75 Å². The molecule has 90 valence electrons. The zero-order valence-corrected chi connectivity index (χ0v) is 10.8. The van der Waals surface area contributed by atoms with Crippen molar-refractivity contribution in [2.45, 2.75) is 17.6 Å². The largest absolute Gasteiger partial charge is 0.207 e. The number of thioether (sulfide) groups is 1. The molecule has 2 aromatic carbocycles. The molecule has 1 nitrogen and oxygen atoms in total. The van der Waals surface area contributed by atoms with Crippen molar-refractivity contribution in [3.63, 3.8) is 0 Å². The third-order valence-corrected chi connectivity index (χ3v) is 3.83. The van der Waals surface area contributed by atoms with E-state index in [9.17, 15) is 4.39 Å². The second kappa shape index (κ2) is 5.70. The van der Waals surface area contributed by atoms with Crippen LogP contribution in [0.5, 0.6) is 0 Å². The van der Waals surface area contributed by atoms with E-state index in [1.165, 1.54) is 23.3 Å². The Bertz CT molecular complexity index is 602. The van der Waals surface area contributed by atoms with Crippen LogP contribution in [0, 0.1) is 24.1 Å². The molecular formula is C15H12FNS. The first-order valence-corrected chi connectivity index (χ1v) is 6.56. The summed E-state index contributed by atoms with van der Waals surface area (Å²) < 4.78 is 13.0. The van der Waals surface area contributed by atoms with Crippen molar-refractivity contribution in [3.05, 3.63) is 65.0 Å². The Labute approximate surface area is 110 Å². The fraction of sp³-hybridized carbons (Fsp3) is 0.133. The predicted molar refractivity (Wildman–Crippen MR) is 71.9 cm³/mol. The van der Waals surface area contributed by atoms with E-state index < -0.39 is 0 Å². The second-order valence-corrected chi connectivity index (χ2v) is 4.98. The summed E-state index contributed by atoms with van der Waals surface area (Å²) in [7, 11) is 0. The van der Waals surface area contributed by atoms with Crippen LogP contribution >= 0.6 is 11.8 Å². The summed E-state index contributed by atoms with van der Waals surface area (Å²) in [6, 6.07) is 14.5. The number of hydrogen-bond acceptors (Lipinski definition) is 2. The van der Waals surface area contributed by atoms with Gasteiger partial charge in [-0.05, 0) is 36.2 Å². The van der Waals surface area contributed by atoms with E-state index in [1.54, 1.807) is 17.8 Å². The molecule has 0 fully saturated rings. The Kier molecular flexibility index (Phi) is 4.01. The lowest BCUT2D eigenvalue weighted by Crippen LogP contribution is -1.88. The zero-order chi connectivity index (χ0) is 13.0. The number of nitrogens with zero attached hydrogens (tertiary/aromatic N) is 1. The van der Waals surface area contributed by atoms with E-state index in [0.29, 0.717) is 5.56 Å². The van der Waals surface area contributed by atoms with Crippen molar-refractivity contribution >= 4 is 11.8 Å². The van der Waals surface area contributed by atoms with Gasteiger partial charge in [0.1, 0.15) is 11.9 Å². The van der Waals surface area contributed by atoms with Gasteiger partial charge in [-0.2, -0.15) is 5.26 Å². The maximum Gasteiger partial charge on any atom is 0.124 e. The summed E-state index contributed by atoms with van der Waals surface area (Å²) in [5.74, 6) is 0.416. The number of benzene rings is 2. The molecule has 0 atom stereocenters. The van der Waals surface area contributed by atoms with Crippen LogP contribution in [0.4, 0.5) is 4.39 Å². The molecule has 0 aliphatic rings. The molecule has 0 radical (unpaired) electrons. The van der Waals surface area contributed by atoms with E-state index in [0.717, 1.165) is 10.6 Å². The van der Waals surface area contributed by atoms with Gasteiger partial charge in [-0.15, -0.1) is 11.8 Å². The van der Waals surface area contributed by atoms with Gasteiger partial charge in [0.2, 0.25) is 0 Å². The fourth-order valence-corrected chi connectivity index (χ4v) is 2.70. The molecule has 0 aliphatic heterocycles. The zero-order valence-electron chi connectivity index (χ0n) is 9.98. The molecule has 0 unspecified atom stereocenters. The fourth-order valence-electron chi connectivity index (χ4n) is 1.64. The molecular weight excluding hydrogens is 245 g/mol. The molecule has 2 aromatic rings. The highest BCUT2D eigenvalue weighted by Gasteiger charge is 2.05. The summed E-state index contributed by atoms with van der Waals surface area (Å²) in [6.07, 6.45) is 0. The van der Waals surface area contributed by atoms with Crippen LogP contribution in [0.25, 0.3) is 0 Å². The van der Waals surface area contributed by atoms with Gasteiger partial charge in [0.05, 0.1) is 5.56 Å². The molecule has 0 aliphatic carbocycles. The Hall–Kier alpha value is -1.79. The lowest BCUT2D eigenvalue weighted by molar-refractivity contribution is 0.626. The van der Waals surface area contributed by atoms with E-state index >= 15 is 0 Å². The number of aryl methyl sites for hydroxylation is 1. The minimum atomic E-state index is -0.369. The van der Waals surface area contributed by atoms with Gasteiger partial charge in [0.15, 0.2) is 0 Å². The highest BCUT2D eigenvalue weighted by atomic mass is 32.2. The molecule has 18 heavy (non-hydrogen) atoms. The van der Waals surface area contributed by atoms with Crippen molar-refractivity contribution in [1.29, 1.82) is 5.26 Å². The standard InChI is InChI=1S/C15H12FNS/c1-11-4-2-3-5-12(11)10-18-15-7-6-14(16)8-13(15)9-17/h2-8H,10H2,1H3. The van der Waals surface area contributed by atoms with Crippen LogP contribution in [0.15, 0.2) is 47.4 Å². The maximum absolute atomic E-state index is 13.0. The average Bonchev–Trinajstić information content (AvgIpc) is 2.39. The third-order valence-electron chi connectivity index (χ3n) is 2.71. The van der Waals surface area contributed by atoms with Gasteiger partial charge in [0.25, 0.3) is 0 Å². The van der Waals surface area contributed by atoms with E-state index in [4.69, 9.17) is 5.26 Å². The molecule has 0 saturated heterocycles. The Morgan fingerprint density at radius 3 is 2.72 bits per heavy atom. The van der Waals surface area contributed by atoms with Crippen molar-refractivity contribution in [3.8, 4) is 6.07 Å². The minimum absolute atomic E-state index is 0.369.